The zero-order chi connectivity index (χ0) is 28.2. The highest BCUT2D eigenvalue weighted by atomic mass is 79.9. The molecule has 2 amide bonds. The van der Waals surface area contributed by atoms with Gasteiger partial charge in [-0.1, -0.05) is 73.1 Å². The van der Waals surface area contributed by atoms with Crippen molar-refractivity contribution < 1.29 is 24.6 Å². The quantitative estimate of drug-likeness (QED) is 0.317. The number of likely N-dealkylation sites (tertiary alicyclic amines) is 1. The Morgan fingerprint density at radius 2 is 1.89 bits per heavy atom. The lowest BCUT2D eigenvalue weighted by Gasteiger charge is -2.46. The number of aliphatic hydroxyl groups excluding tert-OH is 1. The summed E-state index contributed by atoms with van der Waals surface area (Å²) in [6.45, 7) is 14.3. The molecule has 2 bridgehead atoms. The smallest absolute Gasteiger partial charge is 0.308 e. The van der Waals surface area contributed by atoms with Crippen molar-refractivity contribution in [1.82, 2.24) is 9.80 Å². The van der Waals surface area contributed by atoms with Crippen molar-refractivity contribution in [1.29, 1.82) is 0 Å². The Morgan fingerprint density at radius 3 is 2.42 bits per heavy atom. The van der Waals surface area contributed by atoms with E-state index >= 15 is 0 Å². The van der Waals surface area contributed by atoms with Gasteiger partial charge >= 0.3 is 5.97 Å². The third kappa shape index (κ3) is 4.73. The number of hydrogen-bond donors (Lipinski definition) is 2. The van der Waals surface area contributed by atoms with Gasteiger partial charge in [-0.15, -0.1) is 18.3 Å². The maximum absolute atomic E-state index is 14.8. The molecule has 2 N–H and O–H groups in total. The number of amides is 2. The number of rotatable bonds is 9. The molecule has 9 heteroatoms. The van der Waals surface area contributed by atoms with Gasteiger partial charge in [0.25, 0.3) is 0 Å². The highest BCUT2D eigenvalue weighted by Gasteiger charge is 2.76. The van der Waals surface area contributed by atoms with E-state index in [1.165, 1.54) is 16.7 Å². The molecule has 0 aliphatic carbocycles. The van der Waals surface area contributed by atoms with Crippen molar-refractivity contribution in [2.24, 2.45) is 17.3 Å². The third-order valence-electron chi connectivity index (χ3n) is 8.21. The van der Waals surface area contributed by atoms with Gasteiger partial charge in [-0.25, -0.2) is 0 Å². The zero-order valence-electron chi connectivity index (χ0n) is 22.8. The number of aliphatic carboxylic acids is 1. The summed E-state index contributed by atoms with van der Waals surface area (Å²) in [7, 11) is 0. The summed E-state index contributed by atoms with van der Waals surface area (Å²) in [5.41, 5.74) is 0.0851. The van der Waals surface area contributed by atoms with E-state index in [-0.39, 0.29) is 33.9 Å². The molecule has 0 aromatic heterocycles. The van der Waals surface area contributed by atoms with Gasteiger partial charge in [0, 0.05) is 22.2 Å². The van der Waals surface area contributed by atoms with Crippen LogP contribution in [-0.2, 0) is 14.4 Å². The second-order valence-electron chi connectivity index (χ2n) is 12.6. The number of halogens is 1. The number of fused-ring (bicyclic) bond motifs is 1. The first kappa shape index (κ1) is 29.2. The van der Waals surface area contributed by atoms with Crippen LogP contribution in [0.15, 0.2) is 43.0 Å². The molecule has 1 spiro atoms. The predicted octanol–water partition coefficient (Wildman–Crippen LogP) is 4.50. The molecule has 3 fully saturated rings. The summed E-state index contributed by atoms with van der Waals surface area (Å²) in [4.78, 5) is 44.8. The van der Waals surface area contributed by atoms with Crippen LogP contribution in [0.2, 0.25) is 0 Å². The summed E-state index contributed by atoms with van der Waals surface area (Å²) in [5, 5.41) is 20.5. The van der Waals surface area contributed by atoms with Gasteiger partial charge in [0.15, 0.2) is 0 Å². The summed E-state index contributed by atoms with van der Waals surface area (Å²) in [6.07, 6.45) is 2.92. The van der Waals surface area contributed by atoms with Crippen LogP contribution in [0.25, 0.3) is 0 Å². The van der Waals surface area contributed by atoms with E-state index in [0.717, 1.165) is 0 Å². The Kier molecular flexibility index (Phi) is 7.89. The lowest BCUT2D eigenvalue weighted by atomic mass is 9.70. The summed E-state index contributed by atoms with van der Waals surface area (Å²) in [6, 6.07) is 7.50. The van der Waals surface area contributed by atoms with Crippen molar-refractivity contribution in [2.75, 3.05) is 13.2 Å². The Morgan fingerprint density at radius 1 is 1.26 bits per heavy atom. The molecule has 208 valence electrons. The van der Waals surface area contributed by atoms with Gasteiger partial charge in [-0.05, 0) is 37.7 Å². The van der Waals surface area contributed by atoms with E-state index in [2.05, 4.69) is 43.3 Å². The van der Waals surface area contributed by atoms with E-state index < -0.39 is 40.2 Å². The van der Waals surface area contributed by atoms with Gasteiger partial charge in [0.1, 0.15) is 6.04 Å². The van der Waals surface area contributed by atoms with Crippen LogP contribution in [0.4, 0.5) is 0 Å². The maximum atomic E-state index is 14.8. The Labute approximate surface area is 238 Å². The summed E-state index contributed by atoms with van der Waals surface area (Å²) in [5.74, 6) is -3.34. The molecule has 0 radical (unpaired) electrons. The van der Waals surface area contributed by atoms with Crippen molar-refractivity contribution in [3.63, 3.8) is 0 Å². The monoisotopic (exact) mass is 606 g/mol. The molecule has 3 heterocycles. The van der Waals surface area contributed by atoms with Crippen LogP contribution in [0.5, 0.6) is 0 Å². The number of hydrogen-bond acceptors (Lipinski definition) is 5. The molecule has 7 atom stereocenters. The Balaban J connectivity index is 1.88. The van der Waals surface area contributed by atoms with Gasteiger partial charge in [-0.2, -0.15) is 0 Å². The lowest BCUT2D eigenvalue weighted by Crippen LogP contribution is -2.60. The number of benzene rings is 1. The molecule has 1 aromatic carbocycles. The fourth-order valence-corrected chi connectivity index (χ4v) is 10.9. The first-order chi connectivity index (χ1) is 17.7. The van der Waals surface area contributed by atoms with Crippen molar-refractivity contribution in [3.8, 4) is 0 Å². The van der Waals surface area contributed by atoms with Gasteiger partial charge in [0.05, 0.1) is 29.2 Å². The third-order valence-corrected chi connectivity index (χ3v) is 11.4. The first-order valence-electron chi connectivity index (χ1n) is 13.2. The SMILES string of the molecule is C=CCN(C(=O)C1N([C@H](CO)c2ccccc2)C(=O)[C@@H]2[C@@H](C(=O)O)[C@@H]3SC12CC3Br)C(C)(C)CC(C)(C)C. The van der Waals surface area contributed by atoms with Gasteiger partial charge in [0.2, 0.25) is 11.8 Å². The average molecular weight is 608 g/mol. The first-order valence-corrected chi connectivity index (χ1v) is 14.9. The Hall–Kier alpha value is -1.84. The fraction of sp³-hybridized carbons (Fsp3) is 0.621. The zero-order valence-corrected chi connectivity index (χ0v) is 25.2. The van der Waals surface area contributed by atoms with Gasteiger partial charge in [-0.3, -0.25) is 14.4 Å². The highest BCUT2D eigenvalue weighted by molar-refractivity contribution is 9.09. The van der Waals surface area contributed by atoms with E-state index in [4.69, 9.17) is 0 Å². The maximum Gasteiger partial charge on any atom is 0.308 e. The lowest BCUT2D eigenvalue weighted by molar-refractivity contribution is -0.150. The summed E-state index contributed by atoms with van der Waals surface area (Å²) >= 11 is 5.17. The predicted molar refractivity (Wildman–Crippen MR) is 153 cm³/mol. The van der Waals surface area contributed by atoms with E-state index in [1.54, 1.807) is 11.0 Å². The van der Waals surface area contributed by atoms with Crippen LogP contribution in [0, 0.1) is 17.3 Å². The van der Waals surface area contributed by atoms with E-state index in [0.29, 0.717) is 24.9 Å². The number of carboxylic acids is 1. The average Bonchev–Trinajstić information content (AvgIpc) is 3.40. The van der Waals surface area contributed by atoms with Crippen LogP contribution < -0.4 is 0 Å². The molecular formula is C29H39BrN2O5S. The van der Waals surface area contributed by atoms with Crippen LogP contribution >= 0.6 is 27.7 Å². The second-order valence-corrected chi connectivity index (χ2v) is 15.4. The molecule has 7 nitrogen and oxygen atoms in total. The number of carboxylic acid groups (broad SMARTS) is 1. The molecule has 4 rings (SSSR count). The minimum Gasteiger partial charge on any atom is -0.481 e. The topological polar surface area (TPSA) is 98.2 Å². The standard InChI is InChI=1S/C29H39BrN2O5S/c1-7-13-31(28(5,6)16-27(2,3)4)25(35)23-29-14-18(30)22(38-29)20(26(36)37)21(29)24(34)32(23)19(15-33)17-11-9-8-10-12-17/h7-12,18-23,33H,1,13-16H2,2-6H3,(H,36,37)/t18?,19-,20-,21+,22-,23?,29?/m1/s1. The van der Waals surface area contributed by atoms with Crippen molar-refractivity contribution in [2.45, 2.75) is 79.9 Å². The number of carbonyl (C=O) groups excluding carboxylic acids is 2. The fourth-order valence-electron chi connectivity index (χ4n) is 7.30. The van der Waals surface area contributed by atoms with Crippen LogP contribution in [0.1, 0.15) is 59.1 Å². The number of carbonyl (C=O) groups is 3. The summed E-state index contributed by atoms with van der Waals surface area (Å²) < 4.78 is -0.907. The van der Waals surface area contributed by atoms with E-state index in [9.17, 15) is 24.6 Å². The number of nitrogens with zero attached hydrogens (tertiary/aromatic N) is 2. The largest absolute Gasteiger partial charge is 0.481 e. The van der Waals surface area contributed by atoms with Crippen LogP contribution in [-0.4, -0.2) is 77.4 Å². The number of aliphatic hydroxyl groups is 1. The van der Waals surface area contributed by atoms with Crippen molar-refractivity contribution in [3.05, 3.63) is 48.6 Å². The molecule has 1 aromatic rings. The molecule has 0 saturated carbocycles. The molecule has 3 aliphatic rings. The Bertz CT molecular complexity index is 1110. The normalized spacial score (nSPS) is 31.3. The minimum atomic E-state index is -1.02. The minimum absolute atomic E-state index is 0.0667. The molecular weight excluding hydrogens is 568 g/mol. The van der Waals surface area contributed by atoms with E-state index in [1.807, 2.05) is 44.2 Å². The second kappa shape index (κ2) is 10.3. The van der Waals surface area contributed by atoms with Crippen molar-refractivity contribution >= 4 is 45.5 Å². The molecule has 38 heavy (non-hydrogen) atoms. The molecule has 3 unspecified atom stereocenters. The van der Waals surface area contributed by atoms with Crippen LogP contribution in [0.3, 0.4) is 0 Å². The van der Waals surface area contributed by atoms with Gasteiger partial charge < -0.3 is 20.0 Å². The molecule has 3 saturated heterocycles. The number of alkyl halides is 1. The highest BCUT2D eigenvalue weighted by Crippen LogP contribution is 2.68. The molecule has 3 aliphatic heterocycles. The number of thioether (sulfide) groups is 1.